The first-order valence-electron chi connectivity index (χ1n) is 5.81. The average Bonchev–Trinajstić information content (AvgIpc) is 2.36. The topological polar surface area (TPSA) is 75.7 Å². The lowest BCUT2D eigenvalue weighted by Crippen LogP contribution is -2.31. The van der Waals surface area contributed by atoms with Crippen LogP contribution in [0.4, 0.5) is 0 Å². The van der Waals surface area contributed by atoms with E-state index in [0.717, 1.165) is 6.42 Å². The molecule has 4 nitrogen and oxygen atoms in total. The lowest BCUT2D eigenvalue weighted by Gasteiger charge is -2.25. The molecule has 1 rings (SSSR count). The van der Waals surface area contributed by atoms with E-state index < -0.39 is 12.1 Å². The normalized spacial score (nSPS) is 16.3. The van der Waals surface area contributed by atoms with Crippen molar-refractivity contribution in [2.24, 2.45) is 11.7 Å². The van der Waals surface area contributed by atoms with Crippen molar-refractivity contribution in [3.63, 3.8) is 0 Å². The minimum atomic E-state index is -0.682. The molecule has 1 aromatic rings. The molecule has 0 fully saturated rings. The third-order valence-electron chi connectivity index (χ3n) is 3.19. The maximum Gasteiger partial charge on any atom is 0.120 e. The molecule has 96 valence electrons. The van der Waals surface area contributed by atoms with Crippen LogP contribution in [0.25, 0.3) is 0 Å². The number of hydrogen-bond acceptors (Lipinski definition) is 4. The second-order valence-corrected chi connectivity index (χ2v) is 4.33. The van der Waals surface area contributed by atoms with Gasteiger partial charge in [-0.15, -0.1) is 0 Å². The van der Waals surface area contributed by atoms with Gasteiger partial charge in [0.15, 0.2) is 0 Å². The Bertz CT molecular complexity index is 368. The Kier molecular flexibility index (Phi) is 4.78. The van der Waals surface area contributed by atoms with Crippen LogP contribution in [0.2, 0.25) is 0 Å². The van der Waals surface area contributed by atoms with Crippen molar-refractivity contribution >= 4 is 0 Å². The molecule has 1 aromatic carbocycles. The van der Waals surface area contributed by atoms with Gasteiger partial charge in [0.1, 0.15) is 11.5 Å². The van der Waals surface area contributed by atoms with Crippen molar-refractivity contribution in [1.29, 1.82) is 0 Å². The molecular formula is C13H21NO3. The molecule has 0 bridgehead atoms. The summed E-state index contributed by atoms with van der Waals surface area (Å²) in [6.45, 7) is 3.92. The van der Waals surface area contributed by atoms with Crippen LogP contribution < -0.4 is 10.5 Å². The Morgan fingerprint density at radius 3 is 2.59 bits per heavy atom. The summed E-state index contributed by atoms with van der Waals surface area (Å²) >= 11 is 0. The number of methoxy groups -OCH3 is 1. The largest absolute Gasteiger partial charge is 0.508 e. The van der Waals surface area contributed by atoms with Crippen LogP contribution in [0.3, 0.4) is 0 Å². The van der Waals surface area contributed by atoms with Gasteiger partial charge in [0.25, 0.3) is 0 Å². The SMILES string of the molecule is CCC(C)[C@H](O)[C@H](N)c1cc(OC)ccc1O. The highest BCUT2D eigenvalue weighted by Crippen LogP contribution is 2.31. The highest BCUT2D eigenvalue weighted by Gasteiger charge is 2.24. The molecule has 4 heteroatoms. The second kappa shape index (κ2) is 5.89. The van der Waals surface area contributed by atoms with E-state index in [-0.39, 0.29) is 11.7 Å². The fourth-order valence-electron chi connectivity index (χ4n) is 1.71. The fourth-order valence-corrected chi connectivity index (χ4v) is 1.71. The van der Waals surface area contributed by atoms with Gasteiger partial charge < -0.3 is 20.7 Å². The van der Waals surface area contributed by atoms with Gasteiger partial charge in [0.2, 0.25) is 0 Å². The van der Waals surface area contributed by atoms with E-state index in [1.165, 1.54) is 6.07 Å². The molecule has 0 spiro atoms. The van der Waals surface area contributed by atoms with Crippen molar-refractivity contribution in [2.75, 3.05) is 7.11 Å². The summed E-state index contributed by atoms with van der Waals surface area (Å²) < 4.78 is 5.08. The Morgan fingerprint density at radius 1 is 1.41 bits per heavy atom. The highest BCUT2D eigenvalue weighted by molar-refractivity contribution is 5.41. The van der Waals surface area contributed by atoms with Crippen LogP contribution in [0.15, 0.2) is 18.2 Å². The van der Waals surface area contributed by atoms with E-state index >= 15 is 0 Å². The summed E-state index contributed by atoms with van der Waals surface area (Å²) in [5.74, 6) is 0.779. The number of ether oxygens (including phenoxy) is 1. The zero-order valence-electron chi connectivity index (χ0n) is 10.6. The van der Waals surface area contributed by atoms with E-state index in [1.807, 2.05) is 13.8 Å². The summed E-state index contributed by atoms with van der Waals surface area (Å²) in [6, 6.07) is 4.23. The van der Waals surface area contributed by atoms with Gasteiger partial charge in [-0.3, -0.25) is 0 Å². The summed E-state index contributed by atoms with van der Waals surface area (Å²) in [5, 5.41) is 19.8. The number of phenolic OH excluding ortho intramolecular Hbond substituents is 1. The maximum atomic E-state index is 10.1. The van der Waals surface area contributed by atoms with Gasteiger partial charge in [0, 0.05) is 5.56 Å². The fraction of sp³-hybridized carbons (Fsp3) is 0.538. The molecule has 17 heavy (non-hydrogen) atoms. The van der Waals surface area contributed by atoms with Crippen LogP contribution in [0.5, 0.6) is 11.5 Å². The summed E-state index contributed by atoms with van der Waals surface area (Å²) in [7, 11) is 1.55. The van der Waals surface area contributed by atoms with Gasteiger partial charge >= 0.3 is 0 Å². The van der Waals surface area contributed by atoms with Gasteiger partial charge in [-0.05, 0) is 24.1 Å². The van der Waals surface area contributed by atoms with E-state index in [9.17, 15) is 10.2 Å². The van der Waals surface area contributed by atoms with E-state index in [2.05, 4.69) is 0 Å². The first kappa shape index (κ1) is 13.8. The Hall–Kier alpha value is -1.26. The Balaban J connectivity index is 2.98. The molecule has 0 heterocycles. The van der Waals surface area contributed by atoms with E-state index in [0.29, 0.717) is 11.3 Å². The van der Waals surface area contributed by atoms with Crippen molar-refractivity contribution in [1.82, 2.24) is 0 Å². The van der Waals surface area contributed by atoms with E-state index in [1.54, 1.807) is 19.2 Å². The van der Waals surface area contributed by atoms with E-state index in [4.69, 9.17) is 10.5 Å². The molecule has 1 unspecified atom stereocenters. The lowest BCUT2D eigenvalue weighted by atomic mass is 9.91. The standard InChI is InChI=1S/C13H21NO3/c1-4-8(2)13(16)12(14)10-7-9(17-3)5-6-11(10)15/h5-8,12-13,15-16H,4,14H2,1-3H3/t8?,12-,13+/m1/s1. The first-order valence-corrected chi connectivity index (χ1v) is 5.81. The van der Waals surface area contributed by atoms with Crippen LogP contribution in [-0.4, -0.2) is 23.4 Å². The number of phenols is 1. The molecule has 0 saturated heterocycles. The monoisotopic (exact) mass is 239 g/mol. The predicted molar refractivity (Wildman–Crippen MR) is 67.0 cm³/mol. The maximum absolute atomic E-state index is 10.1. The highest BCUT2D eigenvalue weighted by atomic mass is 16.5. The number of rotatable bonds is 5. The average molecular weight is 239 g/mol. The lowest BCUT2D eigenvalue weighted by molar-refractivity contribution is 0.0870. The number of benzene rings is 1. The molecule has 3 atom stereocenters. The molecule has 0 radical (unpaired) electrons. The molecule has 0 aliphatic rings. The molecule has 4 N–H and O–H groups in total. The molecule has 0 amide bonds. The number of hydrogen-bond donors (Lipinski definition) is 3. The van der Waals surface area contributed by atoms with Crippen molar-refractivity contribution in [3.8, 4) is 11.5 Å². The molecular weight excluding hydrogens is 218 g/mol. The van der Waals surface area contributed by atoms with Gasteiger partial charge in [-0.25, -0.2) is 0 Å². The van der Waals surface area contributed by atoms with Crippen LogP contribution in [-0.2, 0) is 0 Å². The van der Waals surface area contributed by atoms with Gasteiger partial charge in [-0.2, -0.15) is 0 Å². The zero-order chi connectivity index (χ0) is 13.0. The number of nitrogens with two attached hydrogens (primary N) is 1. The summed E-state index contributed by atoms with van der Waals surface area (Å²) in [6.07, 6.45) is 0.151. The molecule has 0 aliphatic carbocycles. The molecule has 0 saturated carbocycles. The quantitative estimate of drug-likeness (QED) is 0.732. The summed E-state index contributed by atoms with van der Waals surface area (Å²) in [4.78, 5) is 0. The number of aliphatic hydroxyl groups is 1. The third-order valence-corrected chi connectivity index (χ3v) is 3.19. The summed E-state index contributed by atoms with van der Waals surface area (Å²) in [5.41, 5.74) is 6.49. The van der Waals surface area contributed by atoms with Crippen LogP contribution >= 0.6 is 0 Å². The number of aliphatic hydroxyl groups excluding tert-OH is 1. The first-order chi connectivity index (χ1) is 8.01. The molecule has 0 aromatic heterocycles. The number of aromatic hydroxyl groups is 1. The van der Waals surface area contributed by atoms with Crippen molar-refractivity contribution < 1.29 is 14.9 Å². The second-order valence-electron chi connectivity index (χ2n) is 4.33. The van der Waals surface area contributed by atoms with Crippen molar-refractivity contribution in [2.45, 2.75) is 32.4 Å². The smallest absolute Gasteiger partial charge is 0.120 e. The predicted octanol–water partition coefficient (Wildman–Crippen LogP) is 1.81. The molecule has 0 aliphatic heterocycles. The zero-order valence-corrected chi connectivity index (χ0v) is 10.6. The van der Waals surface area contributed by atoms with Crippen LogP contribution in [0, 0.1) is 5.92 Å². The van der Waals surface area contributed by atoms with Gasteiger partial charge in [0.05, 0.1) is 19.3 Å². The van der Waals surface area contributed by atoms with Crippen molar-refractivity contribution in [3.05, 3.63) is 23.8 Å². The van der Waals surface area contributed by atoms with Crippen LogP contribution in [0.1, 0.15) is 31.9 Å². The van der Waals surface area contributed by atoms with Gasteiger partial charge in [-0.1, -0.05) is 20.3 Å². The Morgan fingerprint density at radius 2 is 2.06 bits per heavy atom. The Labute approximate surface area is 102 Å². The minimum absolute atomic E-state index is 0.0793. The third kappa shape index (κ3) is 3.11. The minimum Gasteiger partial charge on any atom is -0.508 e.